The standard InChI is InChI=1S/C11H18N4O2/c1-2-3-15(4-5-16)11-9(10(13)17)6-8(12)7-14-11/h6-7,16H,2-5,12H2,1H3,(H2,13,17). The summed E-state index contributed by atoms with van der Waals surface area (Å²) in [4.78, 5) is 17.3. The van der Waals surface area contributed by atoms with Crippen molar-refractivity contribution in [2.75, 3.05) is 30.3 Å². The van der Waals surface area contributed by atoms with E-state index in [-0.39, 0.29) is 12.2 Å². The molecule has 0 unspecified atom stereocenters. The molecule has 0 spiro atoms. The van der Waals surface area contributed by atoms with Gasteiger partial charge in [-0.1, -0.05) is 6.92 Å². The molecule has 94 valence electrons. The van der Waals surface area contributed by atoms with Gasteiger partial charge in [0.15, 0.2) is 0 Å². The fourth-order valence-electron chi connectivity index (χ4n) is 1.62. The highest BCUT2D eigenvalue weighted by Crippen LogP contribution is 2.19. The Kier molecular flexibility index (Phi) is 4.71. The summed E-state index contributed by atoms with van der Waals surface area (Å²) in [6.07, 6.45) is 2.35. The molecule has 0 atom stereocenters. The largest absolute Gasteiger partial charge is 0.397 e. The summed E-state index contributed by atoms with van der Waals surface area (Å²) < 4.78 is 0. The number of nitrogens with two attached hydrogens (primary N) is 2. The molecule has 6 nitrogen and oxygen atoms in total. The lowest BCUT2D eigenvalue weighted by molar-refractivity contribution is 0.100. The lowest BCUT2D eigenvalue weighted by Gasteiger charge is -2.23. The van der Waals surface area contributed by atoms with E-state index in [2.05, 4.69) is 4.98 Å². The van der Waals surface area contributed by atoms with Gasteiger partial charge < -0.3 is 21.5 Å². The van der Waals surface area contributed by atoms with Gasteiger partial charge in [0.25, 0.3) is 5.91 Å². The molecular weight excluding hydrogens is 220 g/mol. The Morgan fingerprint density at radius 1 is 1.53 bits per heavy atom. The normalized spacial score (nSPS) is 10.2. The van der Waals surface area contributed by atoms with Crippen molar-refractivity contribution in [3.05, 3.63) is 17.8 Å². The minimum atomic E-state index is -0.571. The van der Waals surface area contributed by atoms with E-state index in [1.807, 2.05) is 11.8 Å². The highest BCUT2D eigenvalue weighted by molar-refractivity contribution is 5.98. The van der Waals surface area contributed by atoms with Crippen LogP contribution in [0.5, 0.6) is 0 Å². The van der Waals surface area contributed by atoms with Gasteiger partial charge in [0, 0.05) is 13.1 Å². The molecule has 5 N–H and O–H groups in total. The fourth-order valence-corrected chi connectivity index (χ4v) is 1.62. The smallest absolute Gasteiger partial charge is 0.252 e. The molecule has 1 heterocycles. The number of hydrogen-bond acceptors (Lipinski definition) is 5. The van der Waals surface area contributed by atoms with Crippen molar-refractivity contribution < 1.29 is 9.90 Å². The molecule has 1 rings (SSSR count). The van der Waals surface area contributed by atoms with Gasteiger partial charge in [-0.15, -0.1) is 0 Å². The van der Waals surface area contributed by atoms with Crippen LogP contribution in [-0.4, -0.2) is 35.7 Å². The summed E-state index contributed by atoms with van der Waals surface area (Å²) >= 11 is 0. The van der Waals surface area contributed by atoms with E-state index in [9.17, 15) is 4.79 Å². The van der Waals surface area contributed by atoms with Crippen molar-refractivity contribution in [2.45, 2.75) is 13.3 Å². The first-order valence-electron chi connectivity index (χ1n) is 5.51. The number of carbonyl (C=O) groups is 1. The number of rotatable bonds is 6. The Morgan fingerprint density at radius 2 is 2.24 bits per heavy atom. The number of pyridine rings is 1. The van der Waals surface area contributed by atoms with Crippen LogP contribution in [0.4, 0.5) is 11.5 Å². The molecule has 0 radical (unpaired) electrons. The number of primary amides is 1. The Morgan fingerprint density at radius 3 is 2.76 bits per heavy atom. The van der Waals surface area contributed by atoms with Gasteiger partial charge in [-0.2, -0.15) is 0 Å². The summed E-state index contributed by atoms with van der Waals surface area (Å²) in [7, 11) is 0. The molecule has 6 heteroatoms. The Labute approximate surface area is 100 Å². The van der Waals surface area contributed by atoms with Crippen LogP contribution < -0.4 is 16.4 Å². The van der Waals surface area contributed by atoms with Crippen molar-refractivity contribution in [1.82, 2.24) is 4.98 Å². The van der Waals surface area contributed by atoms with Gasteiger partial charge >= 0.3 is 0 Å². The van der Waals surface area contributed by atoms with Gasteiger partial charge in [-0.25, -0.2) is 4.98 Å². The molecule has 1 amide bonds. The number of aliphatic hydroxyl groups is 1. The first-order valence-corrected chi connectivity index (χ1v) is 5.51. The first-order chi connectivity index (χ1) is 8.10. The molecule has 0 bridgehead atoms. The van der Waals surface area contributed by atoms with Crippen LogP contribution in [0.25, 0.3) is 0 Å². The monoisotopic (exact) mass is 238 g/mol. The van der Waals surface area contributed by atoms with Gasteiger partial charge in [0.1, 0.15) is 5.82 Å². The summed E-state index contributed by atoms with van der Waals surface area (Å²) in [5, 5.41) is 9.00. The Hall–Kier alpha value is -1.82. The van der Waals surface area contributed by atoms with Crippen molar-refractivity contribution >= 4 is 17.4 Å². The first kappa shape index (κ1) is 13.2. The summed E-state index contributed by atoms with van der Waals surface area (Å²) in [5.41, 5.74) is 11.5. The van der Waals surface area contributed by atoms with Gasteiger partial charge in [-0.05, 0) is 12.5 Å². The second-order valence-corrected chi connectivity index (χ2v) is 3.71. The maximum Gasteiger partial charge on any atom is 0.252 e. The van der Waals surface area contributed by atoms with E-state index >= 15 is 0 Å². The Bertz CT molecular complexity index is 389. The molecule has 1 aromatic rings. The van der Waals surface area contributed by atoms with Crippen LogP contribution in [0.2, 0.25) is 0 Å². The van der Waals surface area contributed by atoms with E-state index < -0.39 is 5.91 Å². The second-order valence-electron chi connectivity index (χ2n) is 3.71. The van der Waals surface area contributed by atoms with Crippen LogP contribution in [0.3, 0.4) is 0 Å². The van der Waals surface area contributed by atoms with E-state index in [1.165, 1.54) is 12.3 Å². The summed E-state index contributed by atoms with van der Waals surface area (Å²) in [6.45, 7) is 3.10. The summed E-state index contributed by atoms with van der Waals surface area (Å²) in [5.74, 6) is -0.0959. The Balaban J connectivity index is 3.12. The number of aromatic nitrogens is 1. The van der Waals surface area contributed by atoms with Crippen molar-refractivity contribution in [3.63, 3.8) is 0 Å². The minimum absolute atomic E-state index is 0.00966. The molecule has 0 aliphatic carbocycles. The number of amides is 1. The maximum absolute atomic E-state index is 11.3. The predicted octanol–water partition coefficient (Wildman–Crippen LogP) is -0.0286. The number of anilines is 2. The molecule has 0 aliphatic heterocycles. The van der Waals surface area contributed by atoms with E-state index in [0.717, 1.165) is 6.42 Å². The highest BCUT2D eigenvalue weighted by Gasteiger charge is 2.15. The topological polar surface area (TPSA) is 105 Å². The number of hydrogen-bond donors (Lipinski definition) is 3. The van der Waals surface area contributed by atoms with Crippen molar-refractivity contribution in [1.29, 1.82) is 0 Å². The predicted molar refractivity (Wildman–Crippen MR) is 66.8 cm³/mol. The maximum atomic E-state index is 11.3. The molecule has 17 heavy (non-hydrogen) atoms. The van der Waals surface area contributed by atoms with Crippen LogP contribution in [0.15, 0.2) is 12.3 Å². The molecule has 0 saturated carbocycles. The molecule has 0 aromatic carbocycles. The molecule has 1 aromatic heterocycles. The zero-order valence-electron chi connectivity index (χ0n) is 9.89. The number of nitrogen functional groups attached to an aromatic ring is 1. The lowest BCUT2D eigenvalue weighted by Crippen LogP contribution is -2.31. The lowest BCUT2D eigenvalue weighted by atomic mass is 10.2. The highest BCUT2D eigenvalue weighted by atomic mass is 16.3. The van der Waals surface area contributed by atoms with Crippen LogP contribution in [0.1, 0.15) is 23.7 Å². The second kappa shape index (κ2) is 6.05. The van der Waals surface area contributed by atoms with Crippen molar-refractivity contribution in [3.8, 4) is 0 Å². The van der Waals surface area contributed by atoms with Crippen molar-refractivity contribution in [2.24, 2.45) is 5.73 Å². The molecule has 0 fully saturated rings. The number of carbonyl (C=O) groups excluding carboxylic acids is 1. The minimum Gasteiger partial charge on any atom is -0.397 e. The number of aliphatic hydroxyl groups excluding tert-OH is 1. The third-order valence-electron chi connectivity index (χ3n) is 2.32. The quantitative estimate of drug-likeness (QED) is 0.645. The third-order valence-corrected chi connectivity index (χ3v) is 2.32. The van der Waals surface area contributed by atoms with Gasteiger partial charge in [-0.3, -0.25) is 4.79 Å². The third kappa shape index (κ3) is 3.32. The molecule has 0 aliphatic rings. The van der Waals surface area contributed by atoms with E-state index in [4.69, 9.17) is 16.6 Å². The zero-order chi connectivity index (χ0) is 12.8. The van der Waals surface area contributed by atoms with Crippen LogP contribution in [-0.2, 0) is 0 Å². The summed E-state index contributed by atoms with van der Waals surface area (Å²) in [6, 6.07) is 1.50. The SMILES string of the molecule is CCCN(CCO)c1ncc(N)cc1C(N)=O. The number of nitrogens with zero attached hydrogens (tertiary/aromatic N) is 2. The molecule has 0 saturated heterocycles. The molecular formula is C11H18N4O2. The fraction of sp³-hybridized carbons (Fsp3) is 0.455. The average Bonchev–Trinajstić information content (AvgIpc) is 2.28. The zero-order valence-corrected chi connectivity index (χ0v) is 9.89. The van der Waals surface area contributed by atoms with Gasteiger partial charge in [0.05, 0.1) is 24.1 Å². The van der Waals surface area contributed by atoms with E-state index in [0.29, 0.717) is 24.6 Å². The van der Waals surface area contributed by atoms with E-state index in [1.54, 1.807) is 0 Å². The average molecular weight is 238 g/mol. The van der Waals surface area contributed by atoms with Gasteiger partial charge in [0.2, 0.25) is 0 Å². The van der Waals surface area contributed by atoms with Crippen LogP contribution >= 0.6 is 0 Å². The van der Waals surface area contributed by atoms with Crippen LogP contribution in [0, 0.1) is 0 Å².